The summed E-state index contributed by atoms with van der Waals surface area (Å²) in [6.45, 7) is 4.16. The van der Waals surface area contributed by atoms with E-state index >= 15 is 0 Å². The fourth-order valence-corrected chi connectivity index (χ4v) is 2.57. The van der Waals surface area contributed by atoms with Crippen LogP contribution in [0.4, 0.5) is 0 Å². The monoisotopic (exact) mass is 242 g/mol. The van der Waals surface area contributed by atoms with E-state index in [0.717, 1.165) is 32.2 Å². The molecule has 4 nitrogen and oxygen atoms in total. The second kappa shape index (κ2) is 6.69. The normalized spacial score (nSPS) is 24.2. The van der Waals surface area contributed by atoms with E-state index in [9.17, 15) is 5.11 Å². The molecule has 4 heteroatoms. The molecule has 1 saturated carbocycles. The number of aliphatic hydroxyl groups is 1. The summed E-state index contributed by atoms with van der Waals surface area (Å²) in [6, 6.07) is 0.913. The van der Waals surface area contributed by atoms with Crippen LogP contribution in [0.5, 0.6) is 0 Å². The first-order valence-corrected chi connectivity index (χ1v) is 6.91. The Morgan fingerprint density at radius 2 is 2.00 bits per heavy atom. The fourth-order valence-electron chi connectivity index (χ4n) is 2.57. The van der Waals surface area contributed by atoms with Crippen molar-refractivity contribution >= 4 is 0 Å². The maximum atomic E-state index is 9.35. The predicted octanol–water partition coefficient (Wildman–Crippen LogP) is 0.458. The summed E-state index contributed by atoms with van der Waals surface area (Å²) in [5.74, 6) is 0.772. The van der Waals surface area contributed by atoms with E-state index in [2.05, 4.69) is 17.3 Å². The number of hydrogen-bond donors (Lipinski definition) is 2. The molecule has 0 aromatic heterocycles. The third-order valence-electron chi connectivity index (χ3n) is 3.71. The zero-order valence-electron chi connectivity index (χ0n) is 10.9. The van der Waals surface area contributed by atoms with Gasteiger partial charge in [0.05, 0.1) is 6.61 Å². The summed E-state index contributed by atoms with van der Waals surface area (Å²) in [4.78, 5) is 2.35. The predicted molar refractivity (Wildman–Crippen MR) is 68.1 cm³/mol. The zero-order chi connectivity index (χ0) is 12.1. The zero-order valence-corrected chi connectivity index (χ0v) is 10.9. The lowest BCUT2D eigenvalue weighted by Gasteiger charge is -2.29. The smallest absolute Gasteiger partial charge is 0.0597 e. The molecular weight excluding hydrogens is 216 g/mol. The van der Waals surface area contributed by atoms with Gasteiger partial charge < -0.3 is 20.1 Å². The van der Waals surface area contributed by atoms with Gasteiger partial charge in [-0.15, -0.1) is 0 Å². The standard InChI is InChI=1S/C13H26N2O2/c1-15(8-11-4-6-17-7-5-11)9-13(10-16)14-12-2-3-12/h11-14,16H,2-10H2,1H3. The quantitative estimate of drug-likeness (QED) is 0.681. The van der Waals surface area contributed by atoms with Gasteiger partial charge in [-0.2, -0.15) is 0 Å². The van der Waals surface area contributed by atoms with Crippen molar-refractivity contribution in [1.82, 2.24) is 10.2 Å². The van der Waals surface area contributed by atoms with E-state index in [-0.39, 0.29) is 12.6 Å². The van der Waals surface area contributed by atoms with Crippen LogP contribution in [0, 0.1) is 5.92 Å². The molecule has 1 unspecified atom stereocenters. The minimum atomic E-state index is 0.243. The van der Waals surface area contributed by atoms with E-state index in [4.69, 9.17) is 4.74 Å². The molecule has 2 aliphatic rings. The molecule has 0 spiro atoms. The number of nitrogens with one attached hydrogen (secondary N) is 1. The van der Waals surface area contributed by atoms with Crippen molar-refractivity contribution in [1.29, 1.82) is 0 Å². The van der Waals surface area contributed by atoms with E-state index < -0.39 is 0 Å². The molecule has 1 aliphatic heterocycles. The summed E-state index contributed by atoms with van der Waals surface area (Å²) in [5, 5.41) is 12.8. The Labute approximate surface area is 104 Å². The molecule has 1 aliphatic carbocycles. The van der Waals surface area contributed by atoms with Crippen LogP contribution in [-0.2, 0) is 4.74 Å². The number of rotatable bonds is 7. The highest BCUT2D eigenvalue weighted by molar-refractivity contribution is 4.85. The van der Waals surface area contributed by atoms with E-state index in [1.807, 2.05) is 0 Å². The third kappa shape index (κ3) is 4.92. The summed E-state index contributed by atoms with van der Waals surface area (Å²) in [6.07, 6.45) is 4.93. The molecule has 0 aromatic rings. The minimum absolute atomic E-state index is 0.243. The molecule has 0 radical (unpaired) electrons. The Balaban J connectivity index is 1.64. The molecule has 2 N–H and O–H groups in total. The number of likely N-dealkylation sites (N-methyl/N-ethyl adjacent to an activating group) is 1. The highest BCUT2D eigenvalue weighted by Crippen LogP contribution is 2.20. The second-order valence-corrected chi connectivity index (χ2v) is 5.60. The summed E-state index contributed by atoms with van der Waals surface area (Å²) < 4.78 is 5.37. The highest BCUT2D eigenvalue weighted by atomic mass is 16.5. The number of hydrogen-bond acceptors (Lipinski definition) is 4. The van der Waals surface area contributed by atoms with Crippen LogP contribution in [0.2, 0.25) is 0 Å². The van der Waals surface area contributed by atoms with Gasteiger partial charge in [0.25, 0.3) is 0 Å². The van der Waals surface area contributed by atoms with Crippen LogP contribution in [0.25, 0.3) is 0 Å². The Kier molecular flexibility index (Phi) is 5.22. The first-order valence-electron chi connectivity index (χ1n) is 6.91. The van der Waals surface area contributed by atoms with Crippen molar-refractivity contribution in [3.63, 3.8) is 0 Å². The van der Waals surface area contributed by atoms with Crippen LogP contribution in [0.15, 0.2) is 0 Å². The highest BCUT2D eigenvalue weighted by Gasteiger charge is 2.25. The Bertz CT molecular complexity index is 215. The average Bonchev–Trinajstić information content (AvgIpc) is 3.13. The Morgan fingerprint density at radius 1 is 1.29 bits per heavy atom. The van der Waals surface area contributed by atoms with E-state index in [1.54, 1.807) is 0 Å². The maximum Gasteiger partial charge on any atom is 0.0597 e. The molecule has 0 bridgehead atoms. The van der Waals surface area contributed by atoms with Crippen molar-refractivity contribution < 1.29 is 9.84 Å². The average molecular weight is 242 g/mol. The fraction of sp³-hybridized carbons (Fsp3) is 1.00. The Morgan fingerprint density at radius 3 is 2.59 bits per heavy atom. The summed E-state index contributed by atoms with van der Waals surface area (Å²) in [5.41, 5.74) is 0. The number of nitrogens with zero attached hydrogens (tertiary/aromatic N) is 1. The molecule has 1 heterocycles. The lowest BCUT2D eigenvalue weighted by Crippen LogP contribution is -2.44. The first-order chi connectivity index (χ1) is 8.28. The van der Waals surface area contributed by atoms with Gasteiger partial charge in [-0.05, 0) is 38.6 Å². The molecule has 1 atom stereocenters. The molecule has 17 heavy (non-hydrogen) atoms. The number of aliphatic hydroxyl groups excluding tert-OH is 1. The minimum Gasteiger partial charge on any atom is -0.395 e. The van der Waals surface area contributed by atoms with Crippen molar-refractivity contribution in [3.05, 3.63) is 0 Å². The lowest BCUT2D eigenvalue weighted by atomic mass is 10.00. The van der Waals surface area contributed by atoms with Gasteiger partial charge >= 0.3 is 0 Å². The van der Waals surface area contributed by atoms with Gasteiger partial charge in [-0.3, -0.25) is 0 Å². The first kappa shape index (κ1) is 13.3. The molecule has 0 amide bonds. The third-order valence-corrected chi connectivity index (χ3v) is 3.71. The van der Waals surface area contributed by atoms with Crippen molar-refractivity contribution in [2.45, 2.75) is 37.8 Å². The molecule has 2 fully saturated rings. The van der Waals surface area contributed by atoms with Gasteiger partial charge in [-0.1, -0.05) is 0 Å². The largest absolute Gasteiger partial charge is 0.395 e. The van der Waals surface area contributed by atoms with Gasteiger partial charge in [-0.25, -0.2) is 0 Å². The van der Waals surface area contributed by atoms with Gasteiger partial charge in [0, 0.05) is 38.4 Å². The van der Waals surface area contributed by atoms with Crippen molar-refractivity contribution in [2.75, 3.05) is 40.0 Å². The molecule has 100 valence electrons. The molecule has 2 rings (SSSR count). The summed E-state index contributed by atoms with van der Waals surface area (Å²) in [7, 11) is 2.16. The molecular formula is C13H26N2O2. The van der Waals surface area contributed by atoms with Crippen LogP contribution < -0.4 is 5.32 Å². The van der Waals surface area contributed by atoms with Crippen LogP contribution in [0.1, 0.15) is 25.7 Å². The van der Waals surface area contributed by atoms with E-state index in [1.165, 1.54) is 25.7 Å². The SMILES string of the molecule is CN(CC1CCOCC1)CC(CO)NC1CC1. The van der Waals surface area contributed by atoms with E-state index in [0.29, 0.717) is 6.04 Å². The lowest BCUT2D eigenvalue weighted by molar-refractivity contribution is 0.0536. The second-order valence-electron chi connectivity index (χ2n) is 5.60. The van der Waals surface area contributed by atoms with Gasteiger partial charge in [0.1, 0.15) is 0 Å². The molecule has 1 saturated heterocycles. The molecule has 0 aromatic carbocycles. The maximum absolute atomic E-state index is 9.35. The van der Waals surface area contributed by atoms with Crippen molar-refractivity contribution in [3.8, 4) is 0 Å². The van der Waals surface area contributed by atoms with Crippen LogP contribution >= 0.6 is 0 Å². The van der Waals surface area contributed by atoms with Crippen LogP contribution in [-0.4, -0.2) is 62.0 Å². The Hall–Kier alpha value is -0.160. The number of ether oxygens (including phenoxy) is 1. The van der Waals surface area contributed by atoms with Gasteiger partial charge in [0.2, 0.25) is 0 Å². The van der Waals surface area contributed by atoms with Crippen molar-refractivity contribution in [2.24, 2.45) is 5.92 Å². The topological polar surface area (TPSA) is 44.7 Å². The van der Waals surface area contributed by atoms with Gasteiger partial charge in [0.15, 0.2) is 0 Å². The summed E-state index contributed by atoms with van der Waals surface area (Å²) >= 11 is 0. The van der Waals surface area contributed by atoms with Crippen LogP contribution in [0.3, 0.4) is 0 Å².